The third-order valence-corrected chi connectivity index (χ3v) is 7.21. The van der Waals surface area contributed by atoms with Gasteiger partial charge in [-0.25, -0.2) is 0 Å². The summed E-state index contributed by atoms with van der Waals surface area (Å²) in [4.78, 5) is 26.1. The van der Waals surface area contributed by atoms with Crippen molar-refractivity contribution in [3.63, 3.8) is 0 Å². The summed E-state index contributed by atoms with van der Waals surface area (Å²) in [6.45, 7) is 2.21. The van der Waals surface area contributed by atoms with Gasteiger partial charge in [-0.05, 0) is 43.7 Å². The molecule has 0 spiro atoms. The second-order valence-corrected chi connectivity index (χ2v) is 9.40. The summed E-state index contributed by atoms with van der Waals surface area (Å²) >= 11 is 1.47. The minimum atomic E-state index is -0.0118. The number of benzene rings is 1. The van der Waals surface area contributed by atoms with Crippen molar-refractivity contribution in [1.29, 1.82) is 0 Å². The first-order valence-corrected chi connectivity index (χ1v) is 11.9. The van der Waals surface area contributed by atoms with Crippen LogP contribution in [0.3, 0.4) is 0 Å². The molecule has 2 amide bonds. The van der Waals surface area contributed by atoms with Crippen LogP contribution in [0.4, 0.5) is 0 Å². The zero-order valence-electron chi connectivity index (χ0n) is 17.0. The second-order valence-electron chi connectivity index (χ2n) is 8.38. The summed E-state index contributed by atoms with van der Waals surface area (Å²) in [5.74, 6) is 0.969. The lowest BCUT2D eigenvalue weighted by Crippen LogP contribution is -2.37. The van der Waals surface area contributed by atoms with E-state index in [1.54, 1.807) is 0 Å². The molecule has 0 aliphatic heterocycles. The number of hydrogen-bond donors (Lipinski definition) is 2. The molecule has 2 atom stereocenters. The monoisotopic (exact) mass is 402 g/mol. The molecule has 5 heteroatoms. The Balaban J connectivity index is 1.52. The van der Waals surface area contributed by atoms with Gasteiger partial charge in [0.2, 0.25) is 5.91 Å². The molecule has 4 nitrogen and oxygen atoms in total. The third-order valence-electron chi connectivity index (χ3n) is 6.14. The van der Waals surface area contributed by atoms with E-state index < -0.39 is 0 Å². The van der Waals surface area contributed by atoms with Gasteiger partial charge in [0.05, 0.1) is 11.3 Å². The lowest BCUT2D eigenvalue weighted by Gasteiger charge is -2.21. The Morgan fingerprint density at radius 2 is 1.64 bits per heavy atom. The van der Waals surface area contributed by atoms with Gasteiger partial charge in [0.25, 0.3) is 5.91 Å². The van der Waals surface area contributed by atoms with Crippen LogP contribution in [-0.4, -0.2) is 29.7 Å². The van der Waals surface area contributed by atoms with E-state index >= 15 is 0 Å². The van der Waals surface area contributed by atoms with Crippen LogP contribution in [0.15, 0.2) is 29.2 Å². The van der Waals surface area contributed by atoms with Gasteiger partial charge in [0, 0.05) is 17.0 Å². The quantitative estimate of drug-likeness (QED) is 0.664. The van der Waals surface area contributed by atoms with E-state index in [1.807, 2.05) is 24.3 Å². The molecule has 1 aromatic carbocycles. The molecule has 0 aromatic heterocycles. The molecule has 2 aliphatic carbocycles. The van der Waals surface area contributed by atoms with Crippen molar-refractivity contribution in [2.45, 2.75) is 88.1 Å². The molecule has 154 valence electrons. The highest BCUT2D eigenvalue weighted by Gasteiger charge is 2.26. The normalized spacial score (nSPS) is 23.6. The van der Waals surface area contributed by atoms with Gasteiger partial charge in [-0.1, -0.05) is 57.6 Å². The molecule has 2 unspecified atom stereocenters. The standard InChI is InChI=1S/C23H34N2O2S/c1-17-10-9-14-20(17)25-23(27)19-13-7-8-15-21(19)28-16-22(26)24-18-11-5-3-2-4-6-12-18/h7-8,13,15,17-18,20H,2-6,9-12,14,16H2,1H3,(H,24,26)(H,25,27). The van der Waals surface area contributed by atoms with Crippen molar-refractivity contribution in [2.75, 3.05) is 5.75 Å². The molecular formula is C23H34N2O2S. The van der Waals surface area contributed by atoms with E-state index in [4.69, 9.17) is 0 Å². The van der Waals surface area contributed by atoms with Gasteiger partial charge in [-0.2, -0.15) is 0 Å². The van der Waals surface area contributed by atoms with Crippen molar-refractivity contribution in [2.24, 2.45) is 5.92 Å². The van der Waals surface area contributed by atoms with Crippen molar-refractivity contribution in [1.82, 2.24) is 10.6 Å². The maximum Gasteiger partial charge on any atom is 0.252 e. The zero-order chi connectivity index (χ0) is 19.8. The van der Waals surface area contributed by atoms with Crippen LogP contribution < -0.4 is 10.6 Å². The summed E-state index contributed by atoms with van der Waals surface area (Å²) in [7, 11) is 0. The lowest BCUT2D eigenvalue weighted by molar-refractivity contribution is -0.119. The number of hydrogen-bond acceptors (Lipinski definition) is 3. The van der Waals surface area contributed by atoms with Crippen LogP contribution in [0.2, 0.25) is 0 Å². The van der Waals surface area contributed by atoms with Gasteiger partial charge in [-0.3, -0.25) is 9.59 Å². The van der Waals surface area contributed by atoms with Crippen molar-refractivity contribution >= 4 is 23.6 Å². The largest absolute Gasteiger partial charge is 0.353 e. The Bertz CT molecular complexity index is 656. The smallest absolute Gasteiger partial charge is 0.252 e. The van der Waals surface area contributed by atoms with Crippen LogP contribution in [0.5, 0.6) is 0 Å². The van der Waals surface area contributed by atoms with Crippen molar-refractivity contribution in [3.8, 4) is 0 Å². The van der Waals surface area contributed by atoms with E-state index in [2.05, 4.69) is 17.6 Å². The predicted molar refractivity (Wildman–Crippen MR) is 116 cm³/mol. The highest BCUT2D eigenvalue weighted by molar-refractivity contribution is 8.00. The topological polar surface area (TPSA) is 58.2 Å². The fraction of sp³-hybridized carbons (Fsp3) is 0.652. The molecular weight excluding hydrogens is 368 g/mol. The Hall–Kier alpha value is -1.49. The number of amides is 2. The van der Waals surface area contributed by atoms with Gasteiger partial charge in [0.15, 0.2) is 0 Å². The summed E-state index contributed by atoms with van der Waals surface area (Å²) in [6.07, 6.45) is 11.9. The average Bonchev–Trinajstić information content (AvgIpc) is 3.07. The Kier molecular flexibility index (Phi) is 8.26. The molecule has 2 saturated carbocycles. The van der Waals surface area contributed by atoms with E-state index in [0.29, 0.717) is 23.3 Å². The maximum absolute atomic E-state index is 12.8. The summed E-state index contributed by atoms with van der Waals surface area (Å²) in [5.41, 5.74) is 0.686. The summed E-state index contributed by atoms with van der Waals surface area (Å²) in [5, 5.41) is 6.41. The molecule has 0 heterocycles. The zero-order valence-corrected chi connectivity index (χ0v) is 17.9. The number of carbonyl (C=O) groups is 2. The molecule has 1 aromatic rings. The first-order chi connectivity index (χ1) is 13.6. The average molecular weight is 403 g/mol. The second kappa shape index (κ2) is 10.9. The minimum Gasteiger partial charge on any atom is -0.353 e. The van der Waals surface area contributed by atoms with E-state index in [0.717, 1.165) is 24.2 Å². The third kappa shape index (κ3) is 6.26. The van der Waals surface area contributed by atoms with Gasteiger partial charge in [-0.15, -0.1) is 11.8 Å². The molecule has 2 fully saturated rings. The molecule has 2 N–H and O–H groups in total. The minimum absolute atomic E-state index is 0.0118. The van der Waals surface area contributed by atoms with E-state index in [-0.39, 0.29) is 17.9 Å². The molecule has 2 aliphatic rings. The predicted octanol–water partition coefficient (Wildman–Crippen LogP) is 4.93. The molecule has 3 rings (SSSR count). The first kappa shape index (κ1) is 21.2. The first-order valence-electron chi connectivity index (χ1n) is 11.0. The fourth-order valence-corrected chi connectivity index (χ4v) is 5.26. The van der Waals surface area contributed by atoms with Crippen LogP contribution >= 0.6 is 11.8 Å². The molecule has 0 bridgehead atoms. The summed E-state index contributed by atoms with van der Waals surface area (Å²) < 4.78 is 0. The van der Waals surface area contributed by atoms with Gasteiger partial charge >= 0.3 is 0 Å². The highest BCUT2D eigenvalue weighted by Crippen LogP contribution is 2.27. The van der Waals surface area contributed by atoms with Gasteiger partial charge in [0.1, 0.15) is 0 Å². The highest BCUT2D eigenvalue weighted by atomic mass is 32.2. The van der Waals surface area contributed by atoms with Crippen LogP contribution in [-0.2, 0) is 4.79 Å². The van der Waals surface area contributed by atoms with Gasteiger partial charge < -0.3 is 10.6 Å². The number of carbonyl (C=O) groups excluding carboxylic acids is 2. The Labute approximate surface area is 173 Å². The molecule has 28 heavy (non-hydrogen) atoms. The Morgan fingerprint density at radius 1 is 0.929 bits per heavy atom. The van der Waals surface area contributed by atoms with Crippen LogP contribution in [0.1, 0.15) is 81.5 Å². The Morgan fingerprint density at radius 3 is 2.36 bits per heavy atom. The van der Waals surface area contributed by atoms with Crippen molar-refractivity contribution in [3.05, 3.63) is 29.8 Å². The van der Waals surface area contributed by atoms with Crippen LogP contribution in [0, 0.1) is 5.92 Å². The van der Waals surface area contributed by atoms with E-state index in [1.165, 1.54) is 56.7 Å². The number of thioether (sulfide) groups is 1. The molecule has 0 saturated heterocycles. The van der Waals surface area contributed by atoms with Crippen molar-refractivity contribution < 1.29 is 9.59 Å². The number of nitrogens with one attached hydrogen (secondary N) is 2. The van der Waals surface area contributed by atoms with E-state index in [9.17, 15) is 9.59 Å². The maximum atomic E-state index is 12.8. The molecule has 0 radical (unpaired) electrons. The van der Waals surface area contributed by atoms with Crippen LogP contribution in [0.25, 0.3) is 0 Å². The SMILES string of the molecule is CC1CCCC1NC(=O)c1ccccc1SCC(=O)NC1CCCCCCC1. The fourth-order valence-electron chi connectivity index (χ4n) is 4.40. The number of rotatable bonds is 6. The lowest BCUT2D eigenvalue weighted by atomic mass is 9.97. The summed E-state index contributed by atoms with van der Waals surface area (Å²) in [6, 6.07) is 8.23.